The minimum atomic E-state index is -2.07. The lowest BCUT2D eigenvalue weighted by molar-refractivity contribution is -0.276. The van der Waals surface area contributed by atoms with Crippen molar-refractivity contribution in [2.24, 2.45) is 0 Å². The van der Waals surface area contributed by atoms with Crippen molar-refractivity contribution in [3.05, 3.63) is 23.8 Å². The molecule has 0 aromatic rings. The molecule has 0 aromatic heterocycles. The molecule has 17 heavy (non-hydrogen) atoms. The van der Waals surface area contributed by atoms with Crippen molar-refractivity contribution in [1.82, 2.24) is 0 Å². The minimum absolute atomic E-state index is 2.02. The normalized spacial score (nSPS) is 8.59. The van der Waals surface area contributed by atoms with Crippen LogP contribution in [0.1, 0.15) is 0 Å². The summed E-state index contributed by atoms with van der Waals surface area (Å²) < 4.78 is 72.4. The molecule has 0 N–H and O–H groups in total. The summed E-state index contributed by atoms with van der Waals surface area (Å²) in [5.41, 5.74) is 0. The maximum absolute atomic E-state index is 11.6. The average Bonchev–Trinajstić information content (AvgIpc) is 2.37. The molecule has 0 heterocycles. The molecule has 0 spiro atoms. The Bertz CT molecular complexity index is 252. The van der Waals surface area contributed by atoms with E-state index in [0.717, 1.165) is 0 Å². The van der Waals surface area contributed by atoms with E-state index in [1.54, 1.807) is 0 Å². The predicted octanol–water partition coefficient (Wildman–Crippen LogP) is 2.66. The second-order valence-electron chi connectivity index (χ2n) is 1.71. The van der Waals surface area contributed by atoms with Gasteiger partial charge in [-0.15, -0.1) is 0 Å². The van der Waals surface area contributed by atoms with Crippen molar-refractivity contribution in [3.63, 3.8) is 0 Å². The summed E-state index contributed by atoms with van der Waals surface area (Å²) in [6.45, 7) is 0. The van der Waals surface area contributed by atoms with E-state index in [9.17, 15) is 27.2 Å². The molecule has 0 amide bonds. The first-order chi connectivity index (χ1) is 8.18. The van der Waals surface area contributed by atoms with Gasteiger partial charge in [-0.25, -0.2) is 29.6 Å². The van der Waals surface area contributed by atoms with E-state index in [1.807, 2.05) is 0 Å². The van der Waals surface area contributed by atoms with Gasteiger partial charge in [-0.3, -0.25) is 0 Å². The third-order valence-electron chi connectivity index (χ3n) is 0.939. The topological polar surface area (TPSA) is 64.6 Å². The lowest BCUT2D eigenvalue weighted by Gasteiger charge is -2.05. The smallest absolute Gasteiger partial charge is 0.377 e. The van der Waals surface area contributed by atoms with E-state index in [1.165, 1.54) is 0 Å². The molecule has 0 unspecified atom stereocenters. The Morgan fingerprint density at radius 3 is 0.824 bits per heavy atom. The zero-order chi connectivity index (χ0) is 13.3. The number of hydrogen-bond acceptors (Lipinski definition) is 7. The average molecular weight is 274 g/mol. The molecule has 7 nitrogen and oxygen atoms in total. The molecule has 0 aromatic carbocycles. The summed E-state index contributed by atoms with van der Waals surface area (Å²) in [4.78, 5) is 15.0. The fraction of sp³-hybridized carbons (Fsp3) is 0. The number of hydrogen-bond donors (Lipinski definition) is 0. The quantitative estimate of drug-likeness (QED) is 0.498. The van der Waals surface area contributed by atoms with Crippen molar-refractivity contribution in [2.45, 2.75) is 0 Å². The van der Waals surface area contributed by atoms with E-state index < -0.39 is 23.8 Å². The summed E-state index contributed by atoms with van der Waals surface area (Å²) in [6, 6.07) is 0. The van der Waals surface area contributed by atoms with Crippen molar-refractivity contribution in [2.75, 3.05) is 0 Å². The summed E-state index contributed by atoms with van der Waals surface area (Å²) in [5.74, 6) is -8.18. The second kappa shape index (κ2) is 7.89. The van der Waals surface area contributed by atoms with Crippen molar-refractivity contribution in [1.29, 1.82) is 0 Å². The Balaban J connectivity index is 5.10. The van der Waals surface area contributed by atoms with Crippen LogP contribution in [0.5, 0.6) is 0 Å². The molecule has 13 heteroatoms. The van der Waals surface area contributed by atoms with E-state index >= 15 is 0 Å². The van der Waals surface area contributed by atoms with Crippen LogP contribution in [0.3, 0.4) is 0 Å². The molecule has 0 radical (unpaired) electrons. The maximum atomic E-state index is 11.6. The molecule has 0 aliphatic rings. The van der Waals surface area contributed by atoms with Gasteiger partial charge in [0.05, 0.1) is 0 Å². The van der Waals surface area contributed by atoms with Gasteiger partial charge in [-0.05, 0) is 0 Å². The van der Waals surface area contributed by atoms with Gasteiger partial charge in [0, 0.05) is 27.2 Å². The van der Waals surface area contributed by atoms with Gasteiger partial charge >= 0.3 is 23.8 Å². The Kier molecular flexibility index (Phi) is 6.80. The zero-order valence-corrected chi connectivity index (χ0v) is 7.13. The highest BCUT2D eigenvalue weighted by Gasteiger charge is 2.27. The van der Waals surface area contributed by atoms with Gasteiger partial charge in [-0.2, -0.15) is 0 Å². The van der Waals surface area contributed by atoms with Crippen molar-refractivity contribution < 1.29 is 61.5 Å². The summed E-state index contributed by atoms with van der Waals surface area (Å²) in [7, 11) is 0. The summed E-state index contributed by atoms with van der Waals surface area (Å²) in [5, 5.41) is 0. The highest BCUT2D eigenvalue weighted by Crippen LogP contribution is 2.21. The SMILES string of the molecule is FOC(OF)=C(OF)OC(OF)=C(OF)OF. The van der Waals surface area contributed by atoms with Crippen LogP contribution in [0, 0.1) is 0 Å². The van der Waals surface area contributed by atoms with E-state index in [-0.39, 0.29) is 0 Å². The van der Waals surface area contributed by atoms with Crippen LogP contribution in [0.2, 0.25) is 0 Å². The molecule has 0 aliphatic carbocycles. The molecule has 0 fully saturated rings. The second-order valence-corrected chi connectivity index (χ2v) is 1.71. The monoisotopic (exact) mass is 274 g/mol. The first-order valence-electron chi connectivity index (χ1n) is 3.06. The highest BCUT2D eigenvalue weighted by atomic mass is 19.3. The van der Waals surface area contributed by atoms with Gasteiger partial charge in [0.2, 0.25) is 0 Å². The Labute approximate surface area is 86.6 Å². The van der Waals surface area contributed by atoms with E-state index in [4.69, 9.17) is 0 Å². The van der Waals surface area contributed by atoms with E-state index in [2.05, 4.69) is 34.4 Å². The highest BCUT2D eigenvalue weighted by molar-refractivity contribution is 4.92. The van der Waals surface area contributed by atoms with Crippen LogP contribution < -0.4 is 0 Å². The number of halogens is 6. The van der Waals surface area contributed by atoms with E-state index in [0.29, 0.717) is 0 Å². The van der Waals surface area contributed by atoms with Crippen LogP contribution in [0.4, 0.5) is 27.2 Å². The Hall–Kier alpha value is -2.34. The van der Waals surface area contributed by atoms with Crippen LogP contribution in [-0.2, 0) is 34.4 Å². The molecular formula is C4F6O7. The van der Waals surface area contributed by atoms with Gasteiger partial charge in [0.1, 0.15) is 0 Å². The largest absolute Gasteiger partial charge is 0.449 e. The lowest BCUT2D eigenvalue weighted by atomic mass is 10.8. The fourth-order valence-electron chi connectivity index (χ4n) is 0.412. The van der Waals surface area contributed by atoms with Gasteiger partial charge in [-0.1, -0.05) is 0 Å². The maximum Gasteiger partial charge on any atom is 0.449 e. The minimum Gasteiger partial charge on any atom is -0.377 e. The molecule has 0 atom stereocenters. The zero-order valence-electron chi connectivity index (χ0n) is 7.13. The first kappa shape index (κ1) is 14.7. The van der Waals surface area contributed by atoms with Crippen LogP contribution >= 0.6 is 0 Å². The molecule has 0 bridgehead atoms. The van der Waals surface area contributed by atoms with Crippen LogP contribution in [0.25, 0.3) is 0 Å². The summed E-state index contributed by atoms with van der Waals surface area (Å²) in [6.07, 6.45) is 0. The molecule has 0 saturated heterocycles. The molecule has 0 aliphatic heterocycles. The van der Waals surface area contributed by atoms with Crippen molar-refractivity contribution >= 4 is 0 Å². The Morgan fingerprint density at radius 2 is 0.647 bits per heavy atom. The number of ether oxygens (including phenoxy) is 1. The fourth-order valence-corrected chi connectivity index (χ4v) is 0.412. The summed E-state index contributed by atoms with van der Waals surface area (Å²) >= 11 is 0. The first-order valence-corrected chi connectivity index (χ1v) is 3.06. The standard InChI is InChI=1S/C4F6O7/c5-12-1(3(14-7)15-8)11-2(13-6)4(16-9)17-10. The molecule has 0 saturated carbocycles. The van der Waals surface area contributed by atoms with Crippen molar-refractivity contribution in [3.8, 4) is 0 Å². The van der Waals surface area contributed by atoms with Crippen LogP contribution in [0.15, 0.2) is 23.8 Å². The molecular weight excluding hydrogens is 274 g/mol. The molecule has 0 rings (SSSR count). The predicted molar refractivity (Wildman–Crippen MR) is 28.3 cm³/mol. The number of rotatable bonds is 8. The third kappa shape index (κ3) is 3.96. The lowest BCUT2D eigenvalue weighted by Crippen LogP contribution is -2.04. The third-order valence-corrected chi connectivity index (χ3v) is 0.939. The van der Waals surface area contributed by atoms with Gasteiger partial charge in [0.25, 0.3) is 0 Å². The van der Waals surface area contributed by atoms with Gasteiger partial charge in [0.15, 0.2) is 0 Å². The van der Waals surface area contributed by atoms with Crippen LogP contribution in [-0.4, -0.2) is 0 Å². The van der Waals surface area contributed by atoms with Gasteiger partial charge < -0.3 is 4.74 Å². The Morgan fingerprint density at radius 1 is 0.412 bits per heavy atom. The molecule has 100 valence electrons.